The molecule has 0 fully saturated rings. The first-order valence-corrected chi connectivity index (χ1v) is 10.5. The number of ether oxygens (including phenoxy) is 2. The van der Waals surface area contributed by atoms with E-state index in [1.807, 2.05) is 56.0 Å². The number of esters is 1. The van der Waals surface area contributed by atoms with Gasteiger partial charge in [0, 0.05) is 19.0 Å². The molecule has 32 heavy (non-hydrogen) atoms. The normalized spacial score (nSPS) is 16.2. The number of tetrazole rings is 1. The van der Waals surface area contributed by atoms with Crippen molar-refractivity contribution >= 4 is 11.8 Å². The largest absolute Gasteiger partial charge is 0.491 e. The van der Waals surface area contributed by atoms with Crippen LogP contribution in [0.1, 0.15) is 51.1 Å². The van der Waals surface area contributed by atoms with Gasteiger partial charge in [-0.05, 0) is 61.0 Å². The molecule has 2 atom stereocenters. The Morgan fingerprint density at radius 3 is 2.81 bits per heavy atom. The number of aromatic nitrogens is 5. The second kappa shape index (κ2) is 8.91. The zero-order chi connectivity index (χ0) is 22.8. The van der Waals surface area contributed by atoms with E-state index in [1.165, 1.54) is 6.92 Å². The van der Waals surface area contributed by atoms with Crippen LogP contribution in [0.5, 0.6) is 5.75 Å². The van der Waals surface area contributed by atoms with Gasteiger partial charge in [0.05, 0.1) is 12.1 Å². The number of benzene rings is 1. The molecule has 1 aromatic carbocycles. The fourth-order valence-electron chi connectivity index (χ4n) is 3.62. The van der Waals surface area contributed by atoms with Crippen molar-refractivity contribution in [2.45, 2.75) is 52.6 Å². The maximum atomic E-state index is 11.1. The van der Waals surface area contributed by atoms with Gasteiger partial charge < -0.3 is 19.5 Å². The van der Waals surface area contributed by atoms with Crippen LogP contribution in [0.3, 0.4) is 0 Å². The highest BCUT2D eigenvalue weighted by atomic mass is 16.5. The van der Waals surface area contributed by atoms with E-state index < -0.39 is 6.23 Å². The van der Waals surface area contributed by atoms with Gasteiger partial charge in [-0.3, -0.25) is 4.79 Å². The fraction of sp³-hybridized carbons (Fsp3) is 0.409. The van der Waals surface area contributed by atoms with E-state index in [0.29, 0.717) is 23.9 Å². The molecule has 4 rings (SSSR count). The van der Waals surface area contributed by atoms with Gasteiger partial charge in [-0.2, -0.15) is 0 Å². The van der Waals surface area contributed by atoms with Crippen molar-refractivity contribution in [2.24, 2.45) is 0 Å². The van der Waals surface area contributed by atoms with E-state index in [1.54, 1.807) is 10.7 Å². The molecule has 0 amide bonds. The quantitative estimate of drug-likeness (QED) is 0.556. The van der Waals surface area contributed by atoms with E-state index in [9.17, 15) is 9.90 Å². The lowest BCUT2D eigenvalue weighted by atomic mass is 10.1. The number of hydrogen-bond acceptors (Lipinski definition) is 9. The van der Waals surface area contributed by atoms with Crippen LogP contribution in [0.2, 0.25) is 0 Å². The summed E-state index contributed by atoms with van der Waals surface area (Å²) in [5, 5.41) is 22.9. The van der Waals surface area contributed by atoms with Gasteiger partial charge in [0.2, 0.25) is 5.82 Å². The van der Waals surface area contributed by atoms with Crippen molar-refractivity contribution < 1.29 is 19.4 Å². The Hall–Kier alpha value is -3.53. The molecule has 1 aliphatic rings. The van der Waals surface area contributed by atoms with Crippen LogP contribution in [-0.2, 0) is 16.1 Å². The lowest BCUT2D eigenvalue weighted by molar-refractivity contribution is -0.142. The highest BCUT2D eigenvalue weighted by Crippen LogP contribution is 2.37. The number of anilines is 1. The summed E-state index contributed by atoms with van der Waals surface area (Å²) in [7, 11) is 0. The number of carbonyl (C=O) groups is 1. The average molecular weight is 438 g/mol. The molecule has 0 bridgehead atoms. The highest BCUT2D eigenvalue weighted by molar-refractivity contribution is 5.65. The summed E-state index contributed by atoms with van der Waals surface area (Å²) < 4.78 is 12.4. The third kappa shape index (κ3) is 4.40. The molecule has 1 aliphatic heterocycles. The van der Waals surface area contributed by atoms with E-state index in [0.717, 1.165) is 16.9 Å². The topological polar surface area (TPSA) is 115 Å². The number of nitrogens with zero attached hydrogens (tertiary/aromatic N) is 6. The van der Waals surface area contributed by atoms with Crippen molar-refractivity contribution in [2.75, 3.05) is 11.5 Å². The monoisotopic (exact) mass is 438 g/mol. The molecule has 0 aliphatic carbocycles. The molecule has 0 radical (unpaired) electrons. The van der Waals surface area contributed by atoms with Crippen LogP contribution in [0.15, 0.2) is 36.4 Å². The Balaban J connectivity index is 1.58. The Morgan fingerprint density at radius 2 is 2.06 bits per heavy atom. The number of rotatable bonds is 7. The number of aliphatic hydroxyl groups excluding tert-OH is 1. The molecule has 0 saturated heterocycles. The van der Waals surface area contributed by atoms with Crippen LogP contribution in [0, 0.1) is 0 Å². The molecule has 1 unspecified atom stereocenters. The first-order chi connectivity index (χ1) is 15.3. The minimum Gasteiger partial charge on any atom is -0.491 e. The molecule has 0 saturated carbocycles. The van der Waals surface area contributed by atoms with Crippen molar-refractivity contribution in [3.05, 3.63) is 47.5 Å². The molecule has 3 aromatic rings. The Labute approximate surface area is 185 Å². The van der Waals surface area contributed by atoms with Gasteiger partial charge in [0.15, 0.2) is 6.23 Å². The van der Waals surface area contributed by atoms with Crippen LogP contribution in [0.4, 0.5) is 5.82 Å². The predicted octanol–water partition coefficient (Wildman–Crippen LogP) is 2.66. The average Bonchev–Trinajstić information content (AvgIpc) is 3.37. The van der Waals surface area contributed by atoms with Gasteiger partial charge in [-0.1, -0.05) is 12.1 Å². The van der Waals surface area contributed by atoms with Gasteiger partial charge in [-0.15, -0.1) is 5.10 Å². The second-order valence-corrected chi connectivity index (χ2v) is 8.01. The van der Waals surface area contributed by atoms with E-state index in [2.05, 4.69) is 15.5 Å². The SMILES string of the molecule is CC(=O)OC[C@@H](C)n1nnnc1-c1cccc(N2Cc3ccc(OC(C)C)cc3C2O)n1. The third-order valence-electron chi connectivity index (χ3n) is 5.10. The van der Waals surface area contributed by atoms with Gasteiger partial charge in [-0.25, -0.2) is 9.67 Å². The number of carbonyl (C=O) groups excluding carboxylic acids is 1. The molecular formula is C22H26N6O4. The van der Waals surface area contributed by atoms with Crippen molar-refractivity contribution in [3.8, 4) is 17.3 Å². The lowest BCUT2D eigenvalue weighted by Crippen LogP contribution is -2.22. The number of pyridine rings is 1. The summed E-state index contributed by atoms with van der Waals surface area (Å²) in [6, 6.07) is 11.0. The van der Waals surface area contributed by atoms with Crippen LogP contribution >= 0.6 is 0 Å². The Morgan fingerprint density at radius 1 is 1.25 bits per heavy atom. The summed E-state index contributed by atoms with van der Waals surface area (Å²) >= 11 is 0. The molecule has 10 heteroatoms. The fourth-order valence-corrected chi connectivity index (χ4v) is 3.62. The molecule has 10 nitrogen and oxygen atoms in total. The maximum Gasteiger partial charge on any atom is 0.302 e. The first-order valence-electron chi connectivity index (χ1n) is 10.5. The molecular weight excluding hydrogens is 412 g/mol. The van der Waals surface area contributed by atoms with E-state index in [4.69, 9.17) is 14.5 Å². The highest BCUT2D eigenvalue weighted by Gasteiger charge is 2.30. The standard InChI is InChI=1S/C22H26N6O4/c1-13(2)32-17-9-8-16-11-27(22(30)18(16)10-17)20-7-5-6-19(23-20)21-24-25-26-28(21)14(3)12-31-15(4)29/h5-10,13-14,22,30H,11-12H2,1-4H3/t14-,22?/m1/s1. The predicted molar refractivity (Wildman–Crippen MR) is 116 cm³/mol. The number of hydrogen-bond donors (Lipinski definition) is 1. The molecule has 1 N–H and O–H groups in total. The molecule has 168 valence electrons. The minimum atomic E-state index is -0.845. The summed E-state index contributed by atoms with van der Waals surface area (Å²) in [4.78, 5) is 17.6. The van der Waals surface area contributed by atoms with E-state index >= 15 is 0 Å². The molecule has 3 heterocycles. The lowest BCUT2D eigenvalue weighted by Gasteiger charge is -2.22. The zero-order valence-corrected chi connectivity index (χ0v) is 18.5. The second-order valence-electron chi connectivity index (χ2n) is 8.01. The maximum absolute atomic E-state index is 11.1. The van der Waals surface area contributed by atoms with Crippen LogP contribution in [0.25, 0.3) is 11.5 Å². The Bertz CT molecular complexity index is 1120. The molecule has 0 spiro atoms. The molecule has 2 aromatic heterocycles. The smallest absolute Gasteiger partial charge is 0.302 e. The van der Waals surface area contributed by atoms with Crippen molar-refractivity contribution in [1.82, 2.24) is 25.2 Å². The summed E-state index contributed by atoms with van der Waals surface area (Å²) in [5.74, 6) is 1.41. The van der Waals surface area contributed by atoms with E-state index in [-0.39, 0.29) is 24.7 Å². The van der Waals surface area contributed by atoms with Crippen LogP contribution in [-0.4, -0.2) is 49.0 Å². The van der Waals surface area contributed by atoms with Gasteiger partial charge in [0.1, 0.15) is 23.9 Å². The summed E-state index contributed by atoms with van der Waals surface area (Å²) in [6.45, 7) is 7.80. The van der Waals surface area contributed by atoms with Crippen molar-refractivity contribution in [1.29, 1.82) is 0 Å². The van der Waals surface area contributed by atoms with Gasteiger partial charge >= 0.3 is 5.97 Å². The summed E-state index contributed by atoms with van der Waals surface area (Å²) in [5.41, 5.74) is 2.37. The zero-order valence-electron chi connectivity index (χ0n) is 18.5. The van der Waals surface area contributed by atoms with Gasteiger partial charge in [0.25, 0.3) is 0 Å². The Kier molecular flexibility index (Phi) is 6.04. The number of aliphatic hydroxyl groups is 1. The number of fused-ring (bicyclic) bond motifs is 1. The summed E-state index contributed by atoms with van der Waals surface area (Å²) in [6.07, 6.45) is -0.794. The van der Waals surface area contributed by atoms with Crippen molar-refractivity contribution in [3.63, 3.8) is 0 Å². The third-order valence-corrected chi connectivity index (χ3v) is 5.10. The van der Waals surface area contributed by atoms with Crippen LogP contribution < -0.4 is 9.64 Å². The first kappa shape index (κ1) is 21.7. The minimum absolute atomic E-state index is 0.0512.